The number of anilines is 2. The molecular weight excluding hydrogens is 433 g/mol. The van der Waals surface area contributed by atoms with Gasteiger partial charge in [0.2, 0.25) is 5.75 Å². The first-order valence-corrected chi connectivity index (χ1v) is 10.7. The van der Waals surface area contributed by atoms with Gasteiger partial charge < -0.3 is 24.5 Å². The second kappa shape index (κ2) is 10.5. The number of para-hydroxylation sites is 1. The molecule has 172 valence electrons. The van der Waals surface area contributed by atoms with E-state index in [1.807, 2.05) is 42.5 Å². The van der Waals surface area contributed by atoms with Crippen LogP contribution in [0.5, 0.6) is 11.5 Å². The van der Waals surface area contributed by atoms with Gasteiger partial charge in [-0.3, -0.25) is 0 Å². The Bertz CT molecular complexity index is 1340. The molecular formula is C27H24FN3O3. The molecule has 6 nitrogen and oxygen atoms in total. The number of nitrogens with zero attached hydrogens (tertiary/aromatic N) is 1. The number of hydrogen-bond donors (Lipinski definition) is 2. The molecule has 0 radical (unpaired) electrons. The van der Waals surface area contributed by atoms with E-state index >= 15 is 0 Å². The molecule has 0 amide bonds. The van der Waals surface area contributed by atoms with Crippen LogP contribution in [0.2, 0.25) is 0 Å². The van der Waals surface area contributed by atoms with Crippen molar-refractivity contribution in [2.75, 3.05) is 24.9 Å². The Labute approximate surface area is 197 Å². The summed E-state index contributed by atoms with van der Waals surface area (Å²) in [6.07, 6.45) is 2.08. The van der Waals surface area contributed by atoms with Gasteiger partial charge in [-0.05, 0) is 54.1 Å². The van der Waals surface area contributed by atoms with Gasteiger partial charge in [0.15, 0.2) is 11.3 Å². The van der Waals surface area contributed by atoms with Gasteiger partial charge >= 0.3 is 0 Å². The lowest BCUT2D eigenvalue weighted by atomic mass is 10.0. The van der Waals surface area contributed by atoms with Crippen molar-refractivity contribution in [2.45, 2.75) is 13.0 Å². The van der Waals surface area contributed by atoms with E-state index in [-0.39, 0.29) is 5.82 Å². The zero-order chi connectivity index (χ0) is 23.9. The molecule has 1 heterocycles. The number of fused-ring (bicyclic) bond motifs is 1. The fourth-order valence-corrected chi connectivity index (χ4v) is 3.63. The largest absolute Gasteiger partial charge is 0.493 e. The maximum atomic E-state index is 13.2. The third kappa shape index (κ3) is 5.13. The molecule has 0 bridgehead atoms. The van der Waals surface area contributed by atoms with Crippen molar-refractivity contribution >= 4 is 22.3 Å². The average molecular weight is 458 g/mol. The van der Waals surface area contributed by atoms with E-state index < -0.39 is 0 Å². The van der Waals surface area contributed by atoms with E-state index in [9.17, 15) is 9.65 Å². The molecule has 0 unspecified atom stereocenters. The van der Waals surface area contributed by atoms with E-state index in [2.05, 4.69) is 16.7 Å². The maximum Gasteiger partial charge on any atom is 0.204 e. The number of hydrogen-bond acceptors (Lipinski definition) is 6. The summed E-state index contributed by atoms with van der Waals surface area (Å²) < 4.78 is 30.4. The number of rotatable bonds is 9. The second-order valence-corrected chi connectivity index (χ2v) is 7.56. The van der Waals surface area contributed by atoms with Crippen molar-refractivity contribution in [3.05, 3.63) is 95.6 Å². The molecule has 34 heavy (non-hydrogen) atoms. The molecule has 4 rings (SSSR count). The second-order valence-electron chi connectivity index (χ2n) is 7.56. The molecule has 2 N–H and O–H groups in total. The number of nitriles is 1. The summed E-state index contributed by atoms with van der Waals surface area (Å²) in [5.74, 6) is 1.38. The minimum absolute atomic E-state index is 0.293. The van der Waals surface area contributed by atoms with Crippen LogP contribution < -0.4 is 20.1 Å². The number of nitrogens with one attached hydrogen (secondary N) is 2. The molecule has 0 fully saturated rings. The lowest BCUT2D eigenvalue weighted by molar-refractivity contribution is 0.352. The molecule has 0 aliphatic heterocycles. The molecule has 0 saturated carbocycles. The van der Waals surface area contributed by atoms with Gasteiger partial charge in [-0.2, -0.15) is 5.26 Å². The number of benzene rings is 3. The lowest BCUT2D eigenvalue weighted by Gasteiger charge is -2.11. The van der Waals surface area contributed by atoms with Gasteiger partial charge in [0.05, 0.1) is 26.8 Å². The van der Waals surface area contributed by atoms with Gasteiger partial charge in [0, 0.05) is 35.0 Å². The molecule has 3 aromatic carbocycles. The summed E-state index contributed by atoms with van der Waals surface area (Å²) in [6, 6.07) is 21.8. The molecule has 0 atom stereocenters. The standard InChI is InChI=1S/C27H24FN3O3/c1-32-25-13-19(12-18(15-29)16-30-21-6-4-3-5-7-21)24-14-23(34-26(24)27(25)33-2)17-31-22-10-8-20(28)9-11-22/h3-11,13-14,16,30-31H,12,17H2,1-2H3. The highest BCUT2D eigenvalue weighted by molar-refractivity contribution is 5.90. The summed E-state index contributed by atoms with van der Waals surface area (Å²) in [5, 5.41) is 16.9. The topological polar surface area (TPSA) is 79.5 Å². The summed E-state index contributed by atoms with van der Waals surface area (Å²) in [5.41, 5.74) is 3.62. The zero-order valence-electron chi connectivity index (χ0n) is 18.9. The Morgan fingerprint density at radius 1 is 1.03 bits per heavy atom. The number of furan rings is 1. The summed E-state index contributed by atoms with van der Waals surface area (Å²) in [7, 11) is 3.12. The molecule has 0 aliphatic carbocycles. The van der Waals surface area contributed by atoms with E-state index in [4.69, 9.17) is 13.9 Å². The van der Waals surface area contributed by atoms with Crippen LogP contribution in [0.25, 0.3) is 11.0 Å². The van der Waals surface area contributed by atoms with Crippen molar-refractivity contribution in [1.82, 2.24) is 0 Å². The number of halogens is 1. The minimum Gasteiger partial charge on any atom is -0.493 e. The van der Waals surface area contributed by atoms with Crippen LogP contribution in [0.15, 0.2) is 82.9 Å². The Hall–Kier alpha value is -4.44. The van der Waals surface area contributed by atoms with Crippen LogP contribution >= 0.6 is 0 Å². The maximum absolute atomic E-state index is 13.2. The summed E-state index contributed by atoms with van der Waals surface area (Å²) in [6.45, 7) is 0.391. The number of allylic oxidation sites excluding steroid dienone is 1. The van der Waals surface area contributed by atoms with Crippen molar-refractivity contribution < 1.29 is 18.3 Å². The monoisotopic (exact) mass is 457 g/mol. The van der Waals surface area contributed by atoms with Gasteiger partial charge in [0.25, 0.3) is 0 Å². The highest BCUT2D eigenvalue weighted by Gasteiger charge is 2.19. The Kier molecular flexibility index (Phi) is 6.99. The Morgan fingerprint density at radius 2 is 1.79 bits per heavy atom. The quantitative estimate of drug-likeness (QED) is 0.289. The molecule has 0 saturated heterocycles. The third-order valence-electron chi connectivity index (χ3n) is 5.31. The Morgan fingerprint density at radius 3 is 2.47 bits per heavy atom. The van der Waals surface area contributed by atoms with Gasteiger partial charge in [-0.15, -0.1) is 0 Å². The first kappa shape index (κ1) is 22.7. The zero-order valence-corrected chi connectivity index (χ0v) is 18.9. The van der Waals surface area contributed by atoms with Gasteiger partial charge in [-0.25, -0.2) is 4.39 Å². The normalized spacial score (nSPS) is 11.2. The van der Waals surface area contributed by atoms with Crippen LogP contribution in [0.3, 0.4) is 0 Å². The first-order valence-electron chi connectivity index (χ1n) is 10.7. The molecule has 4 aromatic rings. The fourth-order valence-electron chi connectivity index (χ4n) is 3.63. The fraction of sp³-hybridized carbons (Fsp3) is 0.148. The van der Waals surface area contributed by atoms with Crippen LogP contribution in [-0.2, 0) is 13.0 Å². The smallest absolute Gasteiger partial charge is 0.204 e. The van der Waals surface area contributed by atoms with Crippen LogP contribution in [-0.4, -0.2) is 14.2 Å². The van der Waals surface area contributed by atoms with E-state index in [1.54, 1.807) is 32.6 Å². The number of ether oxygens (including phenoxy) is 2. The minimum atomic E-state index is -0.293. The van der Waals surface area contributed by atoms with E-state index in [0.29, 0.717) is 41.4 Å². The van der Waals surface area contributed by atoms with Crippen molar-refractivity contribution in [3.8, 4) is 17.6 Å². The highest BCUT2D eigenvalue weighted by Crippen LogP contribution is 2.40. The number of methoxy groups -OCH3 is 2. The van der Waals surface area contributed by atoms with Crippen molar-refractivity contribution in [1.29, 1.82) is 5.26 Å². The van der Waals surface area contributed by atoms with Gasteiger partial charge in [-0.1, -0.05) is 18.2 Å². The van der Waals surface area contributed by atoms with Crippen LogP contribution in [0.4, 0.5) is 15.8 Å². The predicted octanol–water partition coefficient (Wildman–Crippen LogP) is 6.26. The summed E-state index contributed by atoms with van der Waals surface area (Å²) in [4.78, 5) is 0. The predicted molar refractivity (Wildman–Crippen MR) is 131 cm³/mol. The molecule has 1 aromatic heterocycles. The van der Waals surface area contributed by atoms with Crippen molar-refractivity contribution in [2.24, 2.45) is 0 Å². The van der Waals surface area contributed by atoms with E-state index in [1.165, 1.54) is 12.1 Å². The Balaban J connectivity index is 1.64. The molecule has 0 aliphatic rings. The third-order valence-corrected chi connectivity index (χ3v) is 5.31. The molecule has 0 spiro atoms. The van der Waals surface area contributed by atoms with E-state index in [0.717, 1.165) is 22.3 Å². The SMILES string of the molecule is COc1cc(CC(C#N)=CNc2ccccc2)c2cc(CNc3ccc(F)cc3)oc2c1OC. The lowest BCUT2D eigenvalue weighted by Crippen LogP contribution is -1.98. The molecule has 7 heteroatoms. The summed E-state index contributed by atoms with van der Waals surface area (Å²) >= 11 is 0. The average Bonchev–Trinajstić information content (AvgIpc) is 3.30. The van der Waals surface area contributed by atoms with Gasteiger partial charge in [0.1, 0.15) is 11.6 Å². The van der Waals surface area contributed by atoms with Crippen LogP contribution in [0.1, 0.15) is 11.3 Å². The highest BCUT2D eigenvalue weighted by atomic mass is 19.1. The van der Waals surface area contributed by atoms with Crippen LogP contribution in [0, 0.1) is 17.1 Å². The van der Waals surface area contributed by atoms with Crippen molar-refractivity contribution in [3.63, 3.8) is 0 Å². The first-order chi connectivity index (χ1) is 16.6.